The second-order valence-electron chi connectivity index (χ2n) is 4.68. The SMILES string of the molecule is CCC1=C(C)C(=CN=Nc2ccc([N+](=O)[O-])cc2[N+](=O)[O-])N=C1. The van der Waals surface area contributed by atoms with E-state index in [1.54, 1.807) is 6.21 Å². The highest BCUT2D eigenvalue weighted by molar-refractivity contribution is 5.85. The molecule has 0 bridgehead atoms. The highest BCUT2D eigenvalue weighted by atomic mass is 16.6. The van der Waals surface area contributed by atoms with Crippen LogP contribution >= 0.6 is 0 Å². The second kappa shape index (κ2) is 6.69. The minimum atomic E-state index is -0.734. The Morgan fingerprint density at radius 2 is 2.00 bits per heavy atom. The van der Waals surface area contributed by atoms with Gasteiger partial charge in [-0.2, -0.15) is 5.11 Å². The van der Waals surface area contributed by atoms with Crippen molar-refractivity contribution in [1.82, 2.24) is 0 Å². The normalized spacial score (nSPS) is 15.8. The number of nitro benzene ring substituents is 2. The molecule has 0 N–H and O–H groups in total. The van der Waals surface area contributed by atoms with Gasteiger partial charge in [0.2, 0.25) is 0 Å². The molecule has 23 heavy (non-hydrogen) atoms. The Morgan fingerprint density at radius 1 is 1.26 bits per heavy atom. The Balaban J connectivity index is 2.30. The number of benzene rings is 1. The predicted octanol–water partition coefficient (Wildman–Crippen LogP) is 4.24. The van der Waals surface area contributed by atoms with Crippen molar-refractivity contribution in [3.05, 3.63) is 61.5 Å². The molecular formula is C14H13N5O4. The number of hydrogen-bond acceptors (Lipinski definition) is 7. The first kappa shape index (κ1) is 16.1. The Morgan fingerprint density at radius 3 is 2.57 bits per heavy atom. The molecule has 0 unspecified atom stereocenters. The molecule has 1 aromatic carbocycles. The van der Waals surface area contributed by atoms with Crippen molar-refractivity contribution in [1.29, 1.82) is 0 Å². The average molecular weight is 315 g/mol. The number of azo groups is 1. The lowest BCUT2D eigenvalue weighted by molar-refractivity contribution is -0.393. The monoisotopic (exact) mass is 315 g/mol. The fourth-order valence-electron chi connectivity index (χ4n) is 1.99. The van der Waals surface area contributed by atoms with Gasteiger partial charge >= 0.3 is 5.69 Å². The molecule has 0 saturated heterocycles. The van der Waals surface area contributed by atoms with Crippen molar-refractivity contribution in [2.24, 2.45) is 15.2 Å². The van der Waals surface area contributed by atoms with Gasteiger partial charge in [0.05, 0.1) is 27.8 Å². The van der Waals surface area contributed by atoms with Crippen molar-refractivity contribution in [2.45, 2.75) is 20.3 Å². The molecule has 9 heteroatoms. The fourth-order valence-corrected chi connectivity index (χ4v) is 1.99. The van der Waals surface area contributed by atoms with E-state index >= 15 is 0 Å². The van der Waals surface area contributed by atoms with E-state index in [-0.39, 0.29) is 11.4 Å². The maximum atomic E-state index is 11.0. The fraction of sp³-hybridized carbons (Fsp3) is 0.214. The zero-order valence-corrected chi connectivity index (χ0v) is 12.5. The molecule has 1 aliphatic heterocycles. The number of allylic oxidation sites excluding steroid dienone is 2. The first-order valence-electron chi connectivity index (χ1n) is 6.72. The predicted molar refractivity (Wildman–Crippen MR) is 83.8 cm³/mol. The van der Waals surface area contributed by atoms with Gasteiger partial charge < -0.3 is 0 Å². The molecule has 1 aliphatic rings. The molecule has 1 heterocycles. The summed E-state index contributed by atoms with van der Waals surface area (Å²) >= 11 is 0. The highest BCUT2D eigenvalue weighted by Gasteiger charge is 2.19. The number of aliphatic imine (C=N–C) groups is 1. The highest BCUT2D eigenvalue weighted by Crippen LogP contribution is 2.31. The van der Waals surface area contributed by atoms with E-state index in [4.69, 9.17) is 0 Å². The molecule has 0 saturated carbocycles. The topological polar surface area (TPSA) is 123 Å². The summed E-state index contributed by atoms with van der Waals surface area (Å²) in [7, 11) is 0. The van der Waals surface area contributed by atoms with Crippen LogP contribution in [0, 0.1) is 20.2 Å². The number of rotatable bonds is 5. The van der Waals surface area contributed by atoms with Gasteiger partial charge in [0.25, 0.3) is 5.69 Å². The van der Waals surface area contributed by atoms with Gasteiger partial charge in [0.15, 0.2) is 5.69 Å². The lowest BCUT2D eigenvalue weighted by atomic mass is 10.1. The molecule has 0 radical (unpaired) electrons. The van der Waals surface area contributed by atoms with E-state index in [1.807, 2.05) is 13.8 Å². The molecule has 1 aromatic rings. The minimum Gasteiger partial charge on any atom is -0.258 e. The van der Waals surface area contributed by atoms with Crippen LogP contribution in [-0.4, -0.2) is 16.1 Å². The van der Waals surface area contributed by atoms with Crippen LogP contribution in [0.3, 0.4) is 0 Å². The lowest BCUT2D eigenvalue weighted by Crippen LogP contribution is -1.92. The number of hydrogen-bond donors (Lipinski definition) is 0. The Bertz CT molecular complexity index is 792. The van der Waals surface area contributed by atoms with Crippen LogP contribution in [-0.2, 0) is 0 Å². The molecule has 0 amide bonds. The quantitative estimate of drug-likeness (QED) is 0.458. The zero-order chi connectivity index (χ0) is 17.0. The first-order valence-corrected chi connectivity index (χ1v) is 6.72. The van der Waals surface area contributed by atoms with Crippen molar-refractivity contribution in [2.75, 3.05) is 0 Å². The smallest absolute Gasteiger partial charge is 0.258 e. The minimum absolute atomic E-state index is 0.0585. The third-order valence-electron chi connectivity index (χ3n) is 3.32. The van der Waals surface area contributed by atoms with Gasteiger partial charge in [-0.25, -0.2) is 0 Å². The summed E-state index contributed by atoms with van der Waals surface area (Å²) in [6.07, 6.45) is 3.99. The van der Waals surface area contributed by atoms with Crippen molar-refractivity contribution >= 4 is 23.3 Å². The van der Waals surface area contributed by atoms with Crippen LogP contribution in [0.2, 0.25) is 0 Å². The third kappa shape index (κ3) is 3.51. The van der Waals surface area contributed by atoms with E-state index in [0.717, 1.165) is 29.7 Å². The maximum absolute atomic E-state index is 11.0. The molecule has 118 valence electrons. The van der Waals surface area contributed by atoms with Gasteiger partial charge in [-0.3, -0.25) is 25.2 Å². The molecule has 0 fully saturated rings. The standard InChI is InChI=1S/C14H13N5O4/c1-3-10-7-15-13(9(10)2)8-16-17-12-5-4-11(18(20)21)6-14(12)19(22)23/h4-8H,3H2,1-2H3. The molecule has 9 nitrogen and oxygen atoms in total. The van der Waals surface area contributed by atoms with E-state index < -0.39 is 15.5 Å². The van der Waals surface area contributed by atoms with Gasteiger partial charge in [-0.1, -0.05) is 6.92 Å². The zero-order valence-electron chi connectivity index (χ0n) is 12.5. The first-order chi connectivity index (χ1) is 10.9. The summed E-state index contributed by atoms with van der Waals surface area (Å²) < 4.78 is 0. The van der Waals surface area contributed by atoms with E-state index in [0.29, 0.717) is 5.70 Å². The maximum Gasteiger partial charge on any atom is 0.303 e. The largest absolute Gasteiger partial charge is 0.303 e. The van der Waals surface area contributed by atoms with Crippen molar-refractivity contribution < 1.29 is 9.85 Å². The van der Waals surface area contributed by atoms with Crippen LogP contribution in [0.1, 0.15) is 20.3 Å². The molecule has 2 rings (SSSR count). The van der Waals surface area contributed by atoms with E-state index in [9.17, 15) is 20.2 Å². The van der Waals surface area contributed by atoms with Gasteiger partial charge in [0.1, 0.15) is 0 Å². The van der Waals surface area contributed by atoms with Crippen LogP contribution in [0.4, 0.5) is 17.1 Å². The third-order valence-corrected chi connectivity index (χ3v) is 3.32. The van der Waals surface area contributed by atoms with E-state index in [1.165, 1.54) is 12.3 Å². The van der Waals surface area contributed by atoms with E-state index in [2.05, 4.69) is 15.2 Å². The number of nitrogens with zero attached hydrogens (tertiary/aromatic N) is 5. The van der Waals surface area contributed by atoms with Gasteiger partial charge in [-0.05, 0) is 30.6 Å². The average Bonchev–Trinajstić information content (AvgIpc) is 2.87. The summed E-state index contributed by atoms with van der Waals surface area (Å²) in [5.74, 6) is 0. The van der Waals surface area contributed by atoms with Gasteiger partial charge in [-0.15, -0.1) is 5.11 Å². The summed E-state index contributed by atoms with van der Waals surface area (Å²) in [6.45, 7) is 3.91. The second-order valence-corrected chi connectivity index (χ2v) is 4.68. The Kier molecular flexibility index (Phi) is 4.69. The lowest BCUT2D eigenvalue weighted by Gasteiger charge is -1.97. The van der Waals surface area contributed by atoms with Crippen molar-refractivity contribution in [3.8, 4) is 0 Å². The summed E-state index contributed by atoms with van der Waals surface area (Å²) in [6, 6.07) is 3.19. The van der Waals surface area contributed by atoms with Crippen LogP contribution in [0.15, 0.2) is 56.5 Å². The molecule has 0 aromatic heterocycles. The Labute approximate surface area is 131 Å². The number of non-ortho nitro benzene ring substituents is 1. The van der Waals surface area contributed by atoms with Crippen molar-refractivity contribution in [3.63, 3.8) is 0 Å². The van der Waals surface area contributed by atoms with Gasteiger partial charge in [0, 0.05) is 12.3 Å². The number of nitro groups is 2. The molecule has 0 spiro atoms. The summed E-state index contributed by atoms with van der Waals surface area (Å²) in [5.41, 5.74) is 1.79. The van der Waals surface area contributed by atoms with Crippen LogP contribution in [0.5, 0.6) is 0 Å². The van der Waals surface area contributed by atoms with Crippen LogP contribution in [0.25, 0.3) is 0 Å². The molecule has 0 atom stereocenters. The summed E-state index contributed by atoms with van der Waals surface area (Å²) in [5, 5.41) is 29.2. The Hall–Kier alpha value is -3.23. The molecule has 0 aliphatic carbocycles. The summed E-state index contributed by atoms with van der Waals surface area (Å²) in [4.78, 5) is 24.4. The molecular weight excluding hydrogens is 302 g/mol. The van der Waals surface area contributed by atoms with Crippen LogP contribution < -0.4 is 0 Å².